The van der Waals surface area contributed by atoms with Crippen LogP contribution in [0.15, 0.2) is 43.1 Å². The molecule has 0 unspecified atom stereocenters. The number of hydrogen-bond donors (Lipinski definition) is 1. The Morgan fingerprint density at radius 2 is 1.67 bits per heavy atom. The predicted octanol–water partition coefficient (Wildman–Crippen LogP) is 4.33. The number of carbonyl (C=O) groups excluding carboxylic acids is 2. The molecule has 1 aromatic carbocycles. The van der Waals surface area contributed by atoms with Gasteiger partial charge in [0.15, 0.2) is 5.78 Å². The van der Waals surface area contributed by atoms with E-state index in [2.05, 4.69) is 19.9 Å². The number of hydrogen-bond acceptors (Lipinski definition) is 10. The minimum atomic E-state index is -0.641. The van der Waals surface area contributed by atoms with Gasteiger partial charge in [0.2, 0.25) is 0 Å². The summed E-state index contributed by atoms with van der Waals surface area (Å²) in [4.78, 5) is 43.3. The van der Waals surface area contributed by atoms with E-state index in [1.165, 1.54) is 6.92 Å². The number of fused-ring (bicyclic) bond motifs is 2. The van der Waals surface area contributed by atoms with Crippen LogP contribution in [-0.2, 0) is 20.8 Å². The molecule has 6 rings (SSSR count). The molecular formula is C32H35N5O6. The third-order valence-corrected chi connectivity index (χ3v) is 7.93. The van der Waals surface area contributed by atoms with Gasteiger partial charge in [0.05, 0.1) is 18.8 Å². The standard InChI is InChI=1S/C32H35N5O6/c1-17(38)25-14-37(15-29(40)43-32(3,4)5)26-9-23(22(8-24(25)26)19-10-33-18(2)34-11-19)20-12-35-31(36-13-20)42-28-16-41-30-21(28)6-7-27(30)39/h8-14,21,27-28,30,39H,6-7,15-16H2,1-5H3/t21-,27-,28-,30+/m1/s1. The fourth-order valence-corrected chi connectivity index (χ4v) is 5.98. The lowest BCUT2D eigenvalue weighted by molar-refractivity contribution is -0.155. The summed E-state index contributed by atoms with van der Waals surface area (Å²) in [6.07, 6.45) is 9.20. The van der Waals surface area contributed by atoms with Crippen molar-refractivity contribution in [3.8, 4) is 28.3 Å². The van der Waals surface area contributed by atoms with E-state index < -0.39 is 17.7 Å². The maximum absolute atomic E-state index is 12.8. The number of esters is 1. The Morgan fingerprint density at radius 1 is 1.02 bits per heavy atom. The zero-order valence-electron chi connectivity index (χ0n) is 24.9. The molecule has 43 heavy (non-hydrogen) atoms. The van der Waals surface area contributed by atoms with Crippen LogP contribution in [0.5, 0.6) is 6.01 Å². The minimum absolute atomic E-state index is 0.0585. The molecule has 1 saturated carbocycles. The Hall–Kier alpha value is -4.22. The molecule has 11 nitrogen and oxygen atoms in total. The summed E-state index contributed by atoms with van der Waals surface area (Å²) in [6.45, 7) is 9.10. The topological polar surface area (TPSA) is 139 Å². The molecule has 0 spiro atoms. The summed E-state index contributed by atoms with van der Waals surface area (Å²) < 4.78 is 19.2. The predicted molar refractivity (Wildman–Crippen MR) is 157 cm³/mol. The second-order valence-electron chi connectivity index (χ2n) is 12.3. The summed E-state index contributed by atoms with van der Waals surface area (Å²) in [7, 11) is 0. The van der Waals surface area contributed by atoms with Crippen molar-refractivity contribution < 1.29 is 28.9 Å². The smallest absolute Gasteiger partial charge is 0.326 e. The highest BCUT2D eigenvalue weighted by Gasteiger charge is 2.47. The summed E-state index contributed by atoms with van der Waals surface area (Å²) >= 11 is 0. The van der Waals surface area contributed by atoms with Crippen molar-refractivity contribution in [3.63, 3.8) is 0 Å². The lowest BCUT2D eigenvalue weighted by atomic mass is 9.94. The third-order valence-electron chi connectivity index (χ3n) is 7.93. The maximum Gasteiger partial charge on any atom is 0.326 e. The van der Waals surface area contributed by atoms with Crippen molar-refractivity contribution in [1.82, 2.24) is 24.5 Å². The van der Waals surface area contributed by atoms with Gasteiger partial charge in [-0.1, -0.05) is 0 Å². The Balaban J connectivity index is 1.40. The molecule has 2 aliphatic rings. The van der Waals surface area contributed by atoms with Gasteiger partial charge in [-0.25, -0.2) is 19.9 Å². The first-order valence-electron chi connectivity index (χ1n) is 14.4. The number of benzene rings is 1. The molecule has 11 heteroatoms. The maximum atomic E-state index is 12.8. The summed E-state index contributed by atoms with van der Waals surface area (Å²) in [5.74, 6) is 0.221. The third kappa shape index (κ3) is 5.87. The Bertz CT molecular complexity index is 1680. The van der Waals surface area contributed by atoms with E-state index in [0.29, 0.717) is 40.9 Å². The van der Waals surface area contributed by atoms with Crippen molar-refractivity contribution in [1.29, 1.82) is 0 Å². The molecule has 1 N–H and O–H groups in total. The summed E-state index contributed by atoms with van der Waals surface area (Å²) in [5, 5.41) is 10.8. The van der Waals surface area contributed by atoms with Crippen LogP contribution in [-0.4, -0.2) is 71.9 Å². The fraction of sp³-hybridized carbons (Fsp3) is 0.438. The van der Waals surface area contributed by atoms with Gasteiger partial charge in [-0.3, -0.25) is 9.59 Å². The largest absolute Gasteiger partial charge is 0.459 e. The van der Waals surface area contributed by atoms with Gasteiger partial charge in [-0.15, -0.1) is 0 Å². The van der Waals surface area contributed by atoms with Crippen molar-refractivity contribution in [2.24, 2.45) is 5.92 Å². The van der Waals surface area contributed by atoms with E-state index in [-0.39, 0.29) is 36.5 Å². The van der Waals surface area contributed by atoms with E-state index in [1.807, 2.05) is 39.8 Å². The second-order valence-corrected chi connectivity index (χ2v) is 12.3. The van der Waals surface area contributed by atoms with Crippen molar-refractivity contribution in [3.05, 3.63) is 54.5 Å². The molecule has 1 aliphatic heterocycles. The summed E-state index contributed by atoms with van der Waals surface area (Å²) in [5.41, 5.74) is 3.56. The lowest BCUT2D eigenvalue weighted by Crippen LogP contribution is -2.29. The van der Waals surface area contributed by atoms with Crippen LogP contribution in [0.25, 0.3) is 33.2 Å². The summed E-state index contributed by atoms with van der Waals surface area (Å²) in [6, 6.07) is 4.08. The average molecular weight is 586 g/mol. The molecule has 4 aromatic rings. The number of carbonyl (C=O) groups is 2. The van der Waals surface area contributed by atoms with E-state index in [9.17, 15) is 14.7 Å². The first-order chi connectivity index (χ1) is 20.5. The van der Waals surface area contributed by atoms with Gasteiger partial charge in [0, 0.05) is 64.5 Å². The normalized spacial score (nSPS) is 21.6. The van der Waals surface area contributed by atoms with Crippen LogP contribution in [0.2, 0.25) is 0 Å². The molecule has 2 fully saturated rings. The van der Waals surface area contributed by atoms with Crippen LogP contribution >= 0.6 is 0 Å². The molecule has 1 aliphatic carbocycles. The van der Waals surface area contributed by atoms with Crippen molar-refractivity contribution >= 4 is 22.7 Å². The number of aryl methyl sites for hydroxylation is 1. The Morgan fingerprint density at radius 3 is 2.33 bits per heavy atom. The zero-order chi connectivity index (χ0) is 30.5. The molecule has 4 atom stereocenters. The number of Topliss-reactive ketones (excluding diaryl/α,β-unsaturated/α-hetero) is 1. The monoisotopic (exact) mass is 585 g/mol. The van der Waals surface area contributed by atoms with Crippen LogP contribution in [0.1, 0.15) is 56.7 Å². The molecule has 224 valence electrons. The first-order valence-corrected chi connectivity index (χ1v) is 14.4. The number of ether oxygens (including phenoxy) is 3. The van der Waals surface area contributed by atoms with Crippen LogP contribution in [0, 0.1) is 12.8 Å². The molecule has 3 aromatic heterocycles. The van der Waals surface area contributed by atoms with Crippen LogP contribution in [0.3, 0.4) is 0 Å². The van der Waals surface area contributed by atoms with Crippen LogP contribution < -0.4 is 4.74 Å². The highest BCUT2D eigenvalue weighted by molar-refractivity contribution is 6.09. The number of aliphatic hydroxyl groups is 1. The fourth-order valence-electron chi connectivity index (χ4n) is 5.98. The van der Waals surface area contributed by atoms with Gasteiger partial charge >= 0.3 is 12.0 Å². The van der Waals surface area contributed by atoms with Gasteiger partial charge in [-0.2, -0.15) is 0 Å². The molecule has 0 bridgehead atoms. The highest BCUT2D eigenvalue weighted by atomic mass is 16.6. The second kappa shape index (κ2) is 11.1. The Kier molecular flexibility index (Phi) is 7.47. The molecule has 4 heterocycles. The van der Waals surface area contributed by atoms with Gasteiger partial charge < -0.3 is 23.9 Å². The molecular weight excluding hydrogens is 550 g/mol. The molecule has 0 radical (unpaired) electrons. The van der Waals surface area contributed by atoms with Gasteiger partial charge in [-0.05, 0) is 70.7 Å². The number of aliphatic hydroxyl groups excluding tert-OH is 1. The van der Waals surface area contributed by atoms with Crippen molar-refractivity contribution in [2.75, 3.05) is 6.61 Å². The zero-order valence-corrected chi connectivity index (χ0v) is 24.9. The van der Waals surface area contributed by atoms with Gasteiger partial charge in [0.1, 0.15) is 24.1 Å². The number of nitrogens with zero attached hydrogens (tertiary/aromatic N) is 5. The van der Waals surface area contributed by atoms with Crippen LogP contribution in [0.4, 0.5) is 0 Å². The average Bonchev–Trinajstić information content (AvgIpc) is 3.63. The highest BCUT2D eigenvalue weighted by Crippen LogP contribution is 2.39. The molecule has 1 saturated heterocycles. The SMILES string of the molecule is CC(=O)c1cn(CC(=O)OC(C)(C)C)c2cc(-c3cnc(O[C@@H]4CO[C@H]5[C@@H]4CC[C@H]5O)nc3)c(-c3cnc(C)nc3)cc12. The van der Waals surface area contributed by atoms with E-state index in [4.69, 9.17) is 14.2 Å². The van der Waals surface area contributed by atoms with E-state index in [1.54, 1.807) is 35.6 Å². The Labute approximate surface area is 249 Å². The van der Waals surface area contributed by atoms with Gasteiger partial charge in [0.25, 0.3) is 0 Å². The first kappa shape index (κ1) is 28.9. The van der Waals surface area contributed by atoms with E-state index in [0.717, 1.165) is 23.1 Å². The quantitative estimate of drug-likeness (QED) is 0.246. The molecule has 0 amide bonds. The lowest BCUT2D eigenvalue weighted by Gasteiger charge is -2.20. The number of aromatic nitrogens is 5. The van der Waals surface area contributed by atoms with Crippen molar-refractivity contribution in [2.45, 2.75) is 77.9 Å². The van der Waals surface area contributed by atoms with E-state index >= 15 is 0 Å². The minimum Gasteiger partial charge on any atom is -0.459 e. The number of rotatable bonds is 7. The number of ketones is 1.